The summed E-state index contributed by atoms with van der Waals surface area (Å²) in [5, 5.41) is 0. The maximum atomic E-state index is 11.8. The Balaban J connectivity index is 2.23. The van der Waals surface area contributed by atoms with E-state index in [1.165, 1.54) is 0 Å². The molecule has 1 aromatic rings. The highest BCUT2D eigenvalue weighted by atomic mass is 31.2. The number of carbonyl (C=O) groups is 1. The van der Waals surface area contributed by atoms with Gasteiger partial charge in [-0.25, -0.2) is 10.1 Å². The molecule has 2 atom stereocenters. The molecular weight excluding hydrogens is 329 g/mol. The van der Waals surface area contributed by atoms with Gasteiger partial charge in [0.2, 0.25) is 5.91 Å². The maximum Gasteiger partial charge on any atom is 0.290 e. The molecule has 7 heteroatoms. The summed E-state index contributed by atoms with van der Waals surface area (Å²) in [5.41, 5.74) is 2.93. The summed E-state index contributed by atoms with van der Waals surface area (Å²) in [4.78, 5) is 23.4. The molecule has 0 saturated carbocycles. The van der Waals surface area contributed by atoms with Gasteiger partial charge in [-0.2, -0.15) is 0 Å². The van der Waals surface area contributed by atoms with E-state index in [2.05, 4.69) is 11.5 Å². The van der Waals surface area contributed by atoms with Gasteiger partial charge in [0.1, 0.15) is 0 Å². The largest absolute Gasteiger partial charge is 0.755 e. The van der Waals surface area contributed by atoms with Crippen LogP contribution in [0.25, 0.3) is 0 Å². The van der Waals surface area contributed by atoms with Crippen molar-refractivity contribution >= 4 is 13.7 Å². The fourth-order valence-electron chi connectivity index (χ4n) is 2.16. The number of benzene rings is 1. The first-order valence-corrected chi connectivity index (χ1v) is 9.88. The van der Waals surface area contributed by atoms with Crippen LogP contribution in [-0.4, -0.2) is 12.5 Å². The highest BCUT2D eigenvalue weighted by Gasteiger charge is 2.16. The molecule has 0 aliphatic carbocycles. The summed E-state index contributed by atoms with van der Waals surface area (Å²) in [6, 6.07) is 9.37. The molecule has 0 aliphatic heterocycles. The zero-order valence-electron chi connectivity index (χ0n) is 14.4. The van der Waals surface area contributed by atoms with Crippen LogP contribution in [0.3, 0.4) is 0 Å². The van der Waals surface area contributed by atoms with Gasteiger partial charge < -0.3 is 9.42 Å². The number of nitrogens with one attached hydrogen (secondary N) is 1. The Hall–Kier alpha value is -1.20. The Morgan fingerprint density at radius 2 is 1.96 bits per heavy atom. The van der Waals surface area contributed by atoms with E-state index in [1.54, 1.807) is 6.92 Å². The van der Waals surface area contributed by atoms with Crippen molar-refractivity contribution in [3.05, 3.63) is 35.9 Å². The van der Waals surface area contributed by atoms with E-state index in [0.717, 1.165) is 31.2 Å². The van der Waals surface area contributed by atoms with Crippen LogP contribution in [0.4, 0.5) is 0 Å². The second-order valence-electron chi connectivity index (χ2n) is 5.82. The first-order chi connectivity index (χ1) is 11.4. The van der Waals surface area contributed by atoms with E-state index in [9.17, 15) is 14.3 Å². The molecule has 0 aromatic heterocycles. The van der Waals surface area contributed by atoms with Crippen LogP contribution < -0.4 is 10.4 Å². The van der Waals surface area contributed by atoms with Gasteiger partial charge in [-0.3, -0.25) is 9.36 Å². The number of carbonyl (C=O) groups excluding carboxylic acids is 1. The summed E-state index contributed by atoms with van der Waals surface area (Å²) in [7, 11) is -4.54. The van der Waals surface area contributed by atoms with E-state index >= 15 is 0 Å². The molecule has 1 N–H and O–H groups in total. The third kappa shape index (κ3) is 9.18. The molecule has 6 nitrogen and oxygen atoms in total. The summed E-state index contributed by atoms with van der Waals surface area (Å²) in [6.45, 7) is 3.83. The van der Waals surface area contributed by atoms with E-state index in [0.29, 0.717) is 12.8 Å². The topological polar surface area (TPSA) is 87.7 Å². The molecule has 1 aromatic carbocycles. The average Bonchev–Trinajstić information content (AvgIpc) is 2.57. The minimum atomic E-state index is -4.54. The number of hydroxylamine groups is 1. The summed E-state index contributed by atoms with van der Waals surface area (Å²) in [5.74, 6) is -0.750. The van der Waals surface area contributed by atoms with Gasteiger partial charge in [0.15, 0.2) is 0 Å². The molecule has 1 rings (SSSR count). The van der Waals surface area contributed by atoms with Crippen LogP contribution in [0, 0.1) is 5.92 Å². The second-order valence-corrected chi connectivity index (χ2v) is 7.16. The Morgan fingerprint density at radius 1 is 1.25 bits per heavy atom. The molecule has 136 valence electrons. The predicted molar refractivity (Wildman–Crippen MR) is 90.9 cm³/mol. The quantitative estimate of drug-likeness (QED) is 0.352. The summed E-state index contributed by atoms with van der Waals surface area (Å²) >= 11 is 0. The molecule has 0 spiro atoms. The average molecular weight is 356 g/mol. The molecule has 2 unspecified atom stereocenters. The molecule has 0 fully saturated rings. The molecule has 0 saturated heterocycles. The predicted octanol–water partition coefficient (Wildman–Crippen LogP) is 3.37. The van der Waals surface area contributed by atoms with Crippen molar-refractivity contribution in [3.8, 4) is 0 Å². The SMILES string of the molecule is CCCCCCC(C)C(=O)NOP(=O)([O-])OCCc1ccccc1. The fraction of sp³-hybridized carbons (Fsp3) is 0.588. The number of amides is 1. The summed E-state index contributed by atoms with van der Waals surface area (Å²) in [6.07, 6.45) is 5.41. The van der Waals surface area contributed by atoms with Gasteiger partial charge in [0.25, 0.3) is 7.82 Å². The molecule has 0 aliphatic rings. The highest BCUT2D eigenvalue weighted by Crippen LogP contribution is 2.36. The van der Waals surface area contributed by atoms with Gasteiger partial charge in [-0.05, 0) is 18.4 Å². The highest BCUT2D eigenvalue weighted by molar-refractivity contribution is 7.45. The van der Waals surface area contributed by atoms with Crippen molar-refractivity contribution in [3.63, 3.8) is 0 Å². The van der Waals surface area contributed by atoms with Crippen LogP contribution in [0.2, 0.25) is 0 Å². The lowest BCUT2D eigenvalue weighted by atomic mass is 10.0. The van der Waals surface area contributed by atoms with Gasteiger partial charge >= 0.3 is 0 Å². The molecule has 0 heterocycles. The fourth-order valence-corrected chi connectivity index (χ4v) is 2.73. The van der Waals surface area contributed by atoms with Crippen molar-refractivity contribution in [1.82, 2.24) is 5.48 Å². The zero-order chi connectivity index (χ0) is 17.8. The minimum Gasteiger partial charge on any atom is -0.755 e. The number of unbranched alkanes of at least 4 members (excludes halogenated alkanes) is 3. The van der Waals surface area contributed by atoms with Gasteiger partial charge in [-0.1, -0.05) is 69.9 Å². The molecular formula is C17H27NO5P-. The first kappa shape index (κ1) is 20.8. The van der Waals surface area contributed by atoms with E-state index < -0.39 is 13.7 Å². The molecule has 1 amide bonds. The van der Waals surface area contributed by atoms with Gasteiger partial charge in [0, 0.05) is 5.92 Å². The van der Waals surface area contributed by atoms with Crippen LogP contribution >= 0.6 is 7.82 Å². The third-order valence-corrected chi connectivity index (χ3v) is 4.49. The van der Waals surface area contributed by atoms with Crippen LogP contribution in [0.1, 0.15) is 51.5 Å². The Morgan fingerprint density at radius 3 is 2.62 bits per heavy atom. The van der Waals surface area contributed by atoms with Gasteiger partial charge in [0.05, 0.1) is 6.61 Å². The lowest BCUT2D eigenvalue weighted by Crippen LogP contribution is -2.30. The number of rotatable bonds is 12. The standard InChI is InChI=1S/C17H28NO5P/c1-3-4-5-7-10-15(2)17(19)18-23-24(20,21)22-14-13-16-11-8-6-9-12-16/h6,8-9,11-12,15H,3-5,7,10,13-14H2,1-2H3,(H,18,19)(H,20,21)/p-1. The van der Waals surface area contributed by atoms with Crippen molar-refractivity contribution in [1.29, 1.82) is 0 Å². The molecule has 24 heavy (non-hydrogen) atoms. The lowest BCUT2D eigenvalue weighted by molar-refractivity contribution is -0.231. The van der Waals surface area contributed by atoms with Gasteiger partial charge in [-0.15, -0.1) is 0 Å². The van der Waals surface area contributed by atoms with Crippen molar-refractivity contribution in [2.45, 2.75) is 52.4 Å². The first-order valence-electron chi connectivity index (χ1n) is 8.42. The van der Waals surface area contributed by atoms with Crippen molar-refractivity contribution in [2.75, 3.05) is 6.61 Å². The number of hydrogen-bond acceptors (Lipinski definition) is 5. The van der Waals surface area contributed by atoms with Crippen molar-refractivity contribution < 1.29 is 23.4 Å². The smallest absolute Gasteiger partial charge is 0.290 e. The maximum absolute atomic E-state index is 11.8. The monoisotopic (exact) mass is 356 g/mol. The lowest BCUT2D eigenvalue weighted by Gasteiger charge is -2.23. The summed E-state index contributed by atoms with van der Waals surface area (Å²) < 4.78 is 20.8. The Bertz CT molecular complexity index is 523. The normalized spacial score (nSPS) is 14.8. The zero-order valence-corrected chi connectivity index (χ0v) is 15.3. The van der Waals surface area contributed by atoms with E-state index in [4.69, 9.17) is 4.52 Å². The second kappa shape index (κ2) is 11.4. The van der Waals surface area contributed by atoms with Crippen LogP contribution in [0.15, 0.2) is 30.3 Å². The van der Waals surface area contributed by atoms with E-state index in [-0.39, 0.29) is 12.5 Å². The van der Waals surface area contributed by atoms with E-state index in [1.807, 2.05) is 35.8 Å². The Labute approximate surface area is 144 Å². The molecule has 0 radical (unpaired) electrons. The number of phosphoric acid groups is 1. The number of phosphoric ester groups is 1. The Kier molecular flexibility index (Phi) is 9.88. The minimum absolute atomic E-state index is 0.0345. The third-order valence-electron chi connectivity index (χ3n) is 3.68. The molecule has 0 bridgehead atoms. The van der Waals surface area contributed by atoms with Crippen LogP contribution in [-0.2, 0) is 24.9 Å². The number of hydrogen-bond donors (Lipinski definition) is 1. The van der Waals surface area contributed by atoms with Crippen LogP contribution in [0.5, 0.6) is 0 Å². The van der Waals surface area contributed by atoms with Crippen molar-refractivity contribution in [2.24, 2.45) is 5.92 Å².